The molecule has 9 heavy (non-hydrogen) atoms. The SMILES string of the molecule is CC(C)NC1CC(O)C1. The van der Waals surface area contributed by atoms with Crippen molar-refractivity contribution in [3.63, 3.8) is 0 Å². The quantitative estimate of drug-likeness (QED) is 0.569. The van der Waals surface area contributed by atoms with Crippen LogP contribution in [0.4, 0.5) is 0 Å². The van der Waals surface area contributed by atoms with Gasteiger partial charge < -0.3 is 10.4 Å². The van der Waals surface area contributed by atoms with Crippen LogP contribution in [0, 0.1) is 0 Å². The lowest BCUT2D eigenvalue weighted by Gasteiger charge is -2.33. The van der Waals surface area contributed by atoms with E-state index in [2.05, 4.69) is 19.2 Å². The van der Waals surface area contributed by atoms with Crippen molar-refractivity contribution in [1.82, 2.24) is 5.32 Å². The largest absolute Gasteiger partial charge is 0.393 e. The number of aliphatic hydroxyl groups is 1. The summed E-state index contributed by atoms with van der Waals surface area (Å²) in [4.78, 5) is 0. The zero-order valence-corrected chi connectivity index (χ0v) is 6.09. The zero-order valence-electron chi connectivity index (χ0n) is 6.09. The van der Waals surface area contributed by atoms with Gasteiger partial charge in [-0.15, -0.1) is 0 Å². The van der Waals surface area contributed by atoms with E-state index in [9.17, 15) is 0 Å². The van der Waals surface area contributed by atoms with Gasteiger partial charge >= 0.3 is 0 Å². The third-order valence-corrected chi connectivity index (χ3v) is 1.68. The third-order valence-electron chi connectivity index (χ3n) is 1.68. The van der Waals surface area contributed by atoms with Crippen molar-refractivity contribution in [2.75, 3.05) is 0 Å². The first kappa shape index (κ1) is 7.03. The summed E-state index contributed by atoms with van der Waals surface area (Å²) >= 11 is 0. The number of nitrogens with one attached hydrogen (secondary N) is 1. The van der Waals surface area contributed by atoms with Gasteiger partial charge in [0.1, 0.15) is 0 Å². The molecule has 0 aromatic carbocycles. The molecule has 0 bridgehead atoms. The van der Waals surface area contributed by atoms with Crippen molar-refractivity contribution in [2.24, 2.45) is 0 Å². The summed E-state index contributed by atoms with van der Waals surface area (Å²) in [6.45, 7) is 4.26. The fourth-order valence-electron chi connectivity index (χ4n) is 1.20. The second-order valence-electron chi connectivity index (χ2n) is 3.14. The van der Waals surface area contributed by atoms with Crippen molar-refractivity contribution < 1.29 is 5.11 Å². The molecule has 0 aliphatic heterocycles. The van der Waals surface area contributed by atoms with Crippen molar-refractivity contribution >= 4 is 0 Å². The lowest BCUT2D eigenvalue weighted by molar-refractivity contribution is 0.0595. The molecule has 54 valence electrons. The summed E-state index contributed by atoms with van der Waals surface area (Å²) in [5, 5.41) is 12.2. The summed E-state index contributed by atoms with van der Waals surface area (Å²) in [6.07, 6.45) is 1.86. The van der Waals surface area contributed by atoms with Gasteiger partial charge in [-0.05, 0) is 12.8 Å². The van der Waals surface area contributed by atoms with Crippen LogP contribution in [0.25, 0.3) is 0 Å². The molecule has 1 saturated carbocycles. The Balaban J connectivity index is 2.04. The van der Waals surface area contributed by atoms with Gasteiger partial charge in [0.05, 0.1) is 6.10 Å². The maximum atomic E-state index is 8.89. The van der Waals surface area contributed by atoms with Crippen molar-refractivity contribution in [3.05, 3.63) is 0 Å². The molecular formula is C7H15NO. The van der Waals surface area contributed by atoms with Gasteiger partial charge in [0.25, 0.3) is 0 Å². The van der Waals surface area contributed by atoms with E-state index in [1.54, 1.807) is 0 Å². The van der Waals surface area contributed by atoms with E-state index in [4.69, 9.17) is 5.11 Å². The molecule has 0 unspecified atom stereocenters. The summed E-state index contributed by atoms with van der Waals surface area (Å²) in [7, 11) is 0. The van der Waals surface area contributed by atoms with E-state index in [1.807, 2.05) is 0 Å². The normalized spacial score (nSPS) is 34.7. The van der Waals surface area contributed by atoms with Gasteiger partial charge in [0.2, 0.25) is 0 Å². The van der Waals surface area contributed by atoms with Crippen LogP contribution in [0.3, 0.4) is 0 Å². The first-order valence-corrected chi connectivity index (χ1v) is 3.62. The number of hydrogen-bond donors (Lipinski definition) is 2. The Bertz CT molecular complexity index is 86.9. The van der Waals surface area contributed by atoms with Gasteiger partial charge in [0.15, 0.2) is 0 Å². The second kappa shape index (κ2) is 2.67. The fourth-order valence-corrected chi connectivity index (χ4v) is 1.20. The lowest BCUT2D eigenvalue weighted by Crippen LogP contribution is -2.46. The molecule has 2 nitrogen and oxygen atoms in total. The van der Waals surface area contributed by atoms with Crippen LogP contribution in [0.2, 0.25) is 0 Å². The summed E-state index contributed by atoms with van der Waals surface area (Å²) < 4.78 is 0. The second-order valence-corrected chi connectivity index (χ2v) is 3.14. The Morgan fingerprint density at radius 1 is 1.44 bits per heavy atom. The van der Waals surface area contributed by atoms with Gasteiger partial charge in [-0.2, -0.15) is 0 Å². The Hall–Kier alpha value is -0.0800. The van der Waals surface area contributed by atoms with E-state index in [0.29, 0.717) is 12.1 Å². The monoisotopic (exact) mass is 129 g/mol. The average molecular weight is 129 g/mol. The van der Waals surface area contributed by atoms with Gasteiger partial charge in [0, 0.05) is 12.1 Å². The predicted molar refractivity (Wildman–Crippen MR) is 37.3 cm³/mol. The molecule has 0 saturated heterocycles. The number of rotatable bonds is 2. The van der Waals surface area contributed by atoms with E-state index >= 15 is 0 Å². The maximum absolute atomic E-state index is 8.89. The zero-order chi connectivity index (χ0) is 6.85. The molecule has 0 radical (unpaired) electrons. The molecule has 0 heterocycles. The highest BCUT2D eigenvalue weighted by Crippen LogP contribution is 2.19. The molecule has 0 aromatic rings. The predicted octanol–water partition coefficient (Wildman–Crippen LogP) is 0.508. The first-order chi connectivity index (χ1) is 4.18. The average Bonchev–Trinajstić information content (AvgIpc) is 1.60. The molecule has 0 atom stereocenters. The molecule has 2 heteroatoms. The number of aliphatic hydroxyl groups excluding tert-OH is 1. The van der Waals surface area contributed by atoms with E-state index in [-0.39, 0.29) is 6.10 Å². The molecule has 1 rings (SSSR count). The smallest absolute Gasteiger partial charge is 0.0570 e. The summed E-state index contributed by atoms with van der Waals surface area (Å²) in [5.74, 6) is 0. The molecule has 1 fully saturated rings. The van der Waals surface area contributed by atoms with Gasteiger partial charge in [-0.3, -0.25) is 0 Å². The van der Waals surface area contributed by atoms with Crippen LogP contribution in [0.5, 0.6) is 0 Å². The molecule has 0 aromatic heterocycles. The Labute approximate surface area is 56.3 Å². The highest BCUT2D eigenvalue weighted by molar-refractivity contribution is 4.85. The molecule has 1 aliphatic rings. The lowest BCUT2D eigenvalue weighted by atomic mass is 9.89. The van der Waals surface area contributed by atoms with Crippen molar-refractivity contribution in [2.45, 2.75) is 44.9 Å². The topological polar surface area (TPSA) is 32.3 Å². The van der Waals surface area contributed by atoms with Crippen LogP contribution >= 0.6 is 0 Å². The molecular weight excluding hydrogens is 114 g/mol. The highest BCUT2D eigenvalue weighted by atomic mass is 16.3. The summed E-state index contributed by atoms with van der Waals surface area (Å²) in [5.41, 5.74) is 0. The van der Waals surface area contributed by atoms with Crippen LogP contribution < -0.4 is 5.32 Å². The fraction of sp³-hybridized carbons (Fsp3) is 1.00. The van der Waals surface area contributed by atoms with E-state index in [0.717, 1.165) is 12.8 Å². The summed E-state index contributed by atoms with van der Waals surface area (Å²) in [6, 6.07) is 1.14. The highest BCUT2D eigenvalue weighted by Gasteiger charge is 2.26. The molecule has 1 aliphatic carbocycles. The van der Waals surface area contributed by atoms with E-state index in [1.165, 1.54) is 0 Å². The Morgan fingerprint density at radius 3 is 2.33 bits per heavy atom. The van der Waals surface area contributed by atoms with Crippen LogP contribution in [-0.2, 0) is 0 Å². The minimum absolute atomic E-state index is 0.0266. The Kier molecular flexibility index (Phi) is 2.09. The third kappa shape index (κ3) is 1.95. The van der Waals surface area contributed by atoms with Crippen molar-refractivity contribution in [1.29, 1.82) is 0 Å². The van der Waals surface area contributed by atoms with Crippen LogP contribution in [0.15, 0.2) is 0 Å². The first-order valence-electron chi connectivity index (χ1n) is 3.62. The minimum atomic E-state index is -0.0266. The van der Waals surface area contributed by atoms with Crippen LogP contribution in [0.1, 0.15) is 26.7 Å². The molecule has 0 spiro atoms. The van der Waals surface area contributed by atoms with E-state index < -0.39 is 0 Å². The molecule has 2 N–H and O–H groups in total. The standard InChI is InChI=1S/C7H15NO/c1-5(2)8-6-3-7(9)4-6/h5-9H,3-4H2,1-2H3. The van der Waals surface area contributed by atoms with Crippen molar-refractivity contribution in [3.8, 4) is 0 Å². The van der Waals surface area contributed by atoms with Crippen LogP contribution in [-0.4, -0.2) is 23.3 Å². The maximum Gasteiger partial charge on any atom is 0.0570 e. The minimum Gasteiger partial charge on any atom is -0.393 e. The van der Waals surface area contributed by atoms with Gasteiger partial charge in [-0.25, -0.2) is 0 Å². The number of hydrogen-bond acceptors (Lipinski definition) is 2. The molecule has 0 amide bonds. The Morgan fingerprint density at radius 2 is 2.00 bits per heavy atom. The van der Waals surface area contributed by atoms with Gasteiger partial charge in [-0.1, -0.05) is 13.8 Å².